The first-order chi connectivity index (χ1) is 12.4. The van der Waals surface area contributed by atoms with Gasteiger partial charge in [0.1, 0.15) is 11.6 Å². The lowest BCUT2D eigenvalue weighted by Crippen LogP contribution is -2.35. The van der Waals surface area contributed by atoms with Crippen molar-refractivity contribution in [3.8, 4) is 5.75 Å². The van der Waals surface area contributed by atoms with Gasteiger partial charge in [-0.2, -0.15) is 0 Å². The SMILES string of the molecule is CN1C(=O)COc2ccc(C(=O)CCC(=O)Nc3cc(Cl)ccn3)cc21. The smallest absolute Gasteiger partial charge is 0.264 e. The topological polar surface area (TPSA) is 88.6 Å². The molecule has 1 aromatic carbocycles. The number of likely N-dealkylation sites (N-methyl/N-ethyl adjacent to an activating group) is 1. The van der Waals surface area contributed by atoms with E-state index in [-0.39, 0.29) is 37.0 Å². The van der Waals surface area contributed by atoms with E-state index in [2.05, 4.69) is 10.3 Å². The standard InChI is InChI=1S/C18H16ClN3O4/c1-22-13-8-11(2-4-15(13)26-10-18(22)25)14(23)3-5-17(24)21-16-9-12(19)6-7-20-16/h2,4,6-9H,3,5,10H2,1H3,(H,20,21,24). The van der Waals surface area contributed by atoms with Crippen molar-refractivity contribution >= 4 is 40.7 Å². The lowest BCUT2D eigenvalue weighted by atomic mass is 10.0. The number of carbonyl (C=O) groups is 3. The van der Waals surface area contributed by atoms with Crippen molar-refractivity contribution in [1.29, 1.82) is 0 Å². The Kier molecular flexibility index (Phi) is 5.18. The maximum Gasteiger partial charge on any atom is 0.264 e. The summed E-state index contributed by atoms with van der Waals surface area (Å²) < 4.78 is 5.33. The predicted octanol–water partition coefficient (Wildman–Crippen LogP) is 2.69. The molecule has 1 aromatic heterocycles. The molecule has 8 heteroatoms. The molecule has 0 aliphatic carbocycles. The molecule has 0 radical (unpaired) electrons. The lowest BCUT2D eigenvalue weighted by molar-refractivity contribution is -0.121. The van der Waals surface area contributed by atoms with Gasteiger partial charge in [-0.05, 0) is 30.3 Å². The van der Waals surface area contributed by atoms with Crippen molar-refractivity contribution < 1.29 is 19.1 Å². The molecule has 2 aromatic rings. The van der Waals surface area contributed by atoms with Gasteiger partial charge in [0.25, 0.3) is 5.91 Å². The summed E-state index contributed by atoms with van der Waals surface area (Å²) in [6.07, 6.45) is 1.52. The van der Waals surface area contributed by atoms with Crippen molar-refractivity contribution in [2.75, 3.05) is 23.9 Å². The van der Waals surface area contributed by atoms with E-state index in [9.17, 15) is 14.4 Å². The number of nitrogens with zero attached hydrogens (tertiary/aromatic N) is 2. The molecule has 2 heterocycles. The summed E-state index contributed by atoms with van der Waals surface area (Å²) in [5.41, 5.74) is 0.960. The van der Waals surface area contributed by atoms with Crippen LogP contribution in [-0.4, -0.2) is 36.2 Å². The van der Waals surface area contributed by atoms with Crippen LogP contribution in [0.3, 0.4) is 0 Å². The molecule has 7 nitrogen and oxygen atoms in total. The number of anilines is 2. The summed E-state index contributed by atoms with van der Waals surface area (Å²) in [7, 11) is 1.63. The van der Waals surface area contributed by atoms with Gasteiger partial charge in [-0.3, -0.25) is 14.4 Å². The zero-order valence-electron chi connectivity index (χ0n) is 14.0. The van der Waals surface area contributed by atoms with Crippen LogP contribution < -0.4 is 15.0 Å². The van der Waals surface area contributed by atoms with Gasteiger partial charge >= 0.3 is 0 Å². The first-order valence-electron chi connectivity index (χ1n) is 7.92. The number of Topliss-reactive ketones (excluding diaryl/α,β-unsaturated/α-hetero) is 1. The van der Waals surface area contributed by atoms with E-state index in [4.69, 9.17) is 16.3 Å². The average Bonchev–Trinajstić information content (AvgIpc) is 2.62. The number of benzene rings is 1. The molecule has 0 saturated carbocycles. The minimum absolute atomic E-state index is 0.00931. The lowest BCUT2D eigenvalue weighted by Gasteiger charge is -2.26. The second-order valence-electron chi connectivity index (χ2n) is 5.75. The minimum Gasteiger partial charge on any atom is -0.482 e. The monoisotopic (exact) mass is 373 g/mol. The fraction of sp³-hybridized carbons (Fsp3) is 0.222. The quantitative estimate of drug-likeness (QED) is 0.814. The van der Waals surface area contributed by atoms with Gasteiger partial charge in [0.15, 0.2) is 12.4 Å². The van der Waals surface area contributed by atoms with Crippen LogP contribution in [0, 0.1) is 0 Å². The third-order valence-electron chi connectivity index (χ3n) is 3.94. The molecule has 0 saturated heterocycles. The minimum atomic E-state index is -0.332. The highest BCUT2D eigenvalue weighted by molar-refractivity contribution is 6.30. The number of hydrogen-bond donors (Lipinski definition) is 1. The van der Waals surface area contributed by atoms with E-state index in [1.54, 1.807) is 31.3 Å². The summed E-state index contributed by atoms with van der Waals surface area (Å²) in [6, 6.07) is 8.01. The molecule has 1 aliphatic rings. The normalized spacial score (nSPS) is 13.0. The van der Waals surface area contributed by atoms with E-state index in [0.29, 0.717) is 27.8 Å². The zero-order valence-corrected chi connectivity index (χ0v) is 14.7. The average molecular weight is 374 g/mol. The maximum atomic E-state index is 12.4. The summed E-state index contributed by atoms with van der Waals surface area (Å²) >= 11 is 5.83. The summed E-state index contributed by atoms with van der Waals surface area (Å²) in [5.74, 6) is 0.167. The second kappa shape index (κ2) is 7.53. The van der Waals surface area contributed by atoms with Crippen molar-refractivity contribution in [2.24, 2.45) is 0 Å². The largest absolute Gasteiger partial charge is 0.482 e. The number of halogens is 1. The van der Waals surface area contributed by atoms with Crippen molar-refractivity contribution in [1.82, 2.24) is 4.98 Å². The molecule has 0 fully saturated rings. The van der Waals surface area contributed by atoms with E-state index >= 15 is 0 Å². The van der Waals surface area contributed by atoms with E-state index in [1.807, 2.05) is 0 Å². The van der Waals surface area contributed by atoms with Crippen LogP contribution >= 0.6 is 11.6 Å². The first kappa shape index (κ1) is 17.9. The van der Waals surface area contributed by atoms with Crippen LogP contribution in [0.2, 0.25) is 5.02 Å². The number of hydrogen-bond acceptors (Lipinski definition) is 5. The number of amides is 2. The Morgan fingerprint density at radius 3 is 2.85 bits per heavy atom. The van der Waals surface area contributed by atoms with Gasteiger partial charge in [-0.15, -0.1) is 0 Å². The van der Waals surface area contributed by atoms with Crippen molar-refractivity contribution in [2.45, 2.75) is 12.8 Å². The van der Waals surface area contributed by atoms with Gasteiger partial charge in [0.05, 0.1) is 5.69 Å². The number of ketones is 1. The Morgan fingerprint density at radius 1 is 1.27 bits per heavy atom. The van der Waals surface area contributed by atoms with Gasteiger partial charge < -0.3 is 15.0 Å². The van der Waals surface area contributed by atoms with Gasteiger partial charge in [-0.1, -0.05) is 11.6 Å². The highest BCUT2D eigenvalue weighted by atomic mass is 35.5. The predicted molar refractivity (Wildman–Crippen MR) is 96.8 cm³/mol. The van der Waals surface area contributed by atoms with Crippen molar-refractivity contribution in [3.63, 3.8) is 0 Å². The maximum absolute atomic E-state index is 12.4. The Balaban J connectivity index is 1.62. The number of pyridine rings is 1. The highest BCUT2D eigenvalue weighted by Gasteiger charge is 2.23. The van der Waals surface area contributed by atoms with E-state index < -0.39 is 0 Å². The molecular formula is C18H16ClN3O4. The number of rotatable bonds is 5. The van der Waals surface area contributed by atoms with Crippen LogP contribution in [0.4, 0.5) is 11.5 Å². The molecule has 0 unspecified atom stereocenters. The fourth-order valence-corrected chi connectivity index (χ4v) is 2.66. The number of ether oxygens (including phenoxy) is 1. The number of nitrogens with one attached hydrogen (secondary N) is 1. The van der Waals surface area contributed by atoms with E-state index in [1.165, 1.54) is 17.2 Å². The van der Waals surface area contributed by atoms with Crippen LogP contribution in [0.5, 0.6) is 5.75 Å². The van der Waals surface area contributed by atoms with Crippen LogP contribution in [0.15, 0.2) is 36.5 Å². The summed E-state index contributed by atoms with van der Waals surface area (Å²) in [5, 5.41) is 3.05. The molecule has 0 bridgehead atoms. The molecule has 26 heavy (non-hydrogen) atoms. The number of aromatic nitrogens is 1. The molecule has 2 amide bonds. The van der Waals surface area contributed by atoms with Gasteiger partial charge in [-0.25, -0.2) is 4.98 Å². The van der Waals surface area contributed by atoms with Crippen molar-refractivity contribution in [3.05, 3.63) is 47.1 Å². The Morgan fingerprint density at radius 2 is 2.08 bits per heavy atom. The third-order valence-corrected chi connectivity index (χ3v) is 4.17. The van der Waals surface area contributed by atoms with Crippen LogP contribution in [-0.2, 0) is 9.59 Å². The van der Waals surface area contributed by atoms with Gasteiger partial charge in [0.2, 0.25) is 5.91 Å². The molecule has 0 spiro atoms. The van der Waals surface area contributed by atoms with Gasteiger partial charge in [0, 0.05) is 36.7 Å². The summed E-state index contributed by atoms with van der Waals surface area (Å²) in [6.45, 7) is -0.0193. The molecule has 0 atom stereocenters. The zero-order chi connectivity index (χ0) is 18.7. The molecule has 1 N–H and O–H groups in total. The van der Waals surface area contributed by atoms with Crippen LogP contribution in [0.1, 0.15) is 23.2 Å². The van der Waals surface area contributed by atoms with E-state index in [0.717, 1.165) is 0 Å². The summed E-state index contributed by atoms with van der Waals surface area (Å²) in [4.78, 5) is 41.5. The molecular weight excluding hydrogens is 358 g/mol. The Labute approximate surface area is 154 Å². The Hall–Kier alpha value is -2.93. The van der Waals surface area contributed by atoms with Crippen LogP contribution in [0.25, 0.3) is 0 Å². The second-order valence-corrected chi connectivity index (χ2v) is 6.19. The highest BCUT2D eigenvalue weighted by Crippen LogP contribution is 2.32. The fourth-order valence-electron chi connectivity index (χ4n) is 2.50. The molecule has 3 rings (SSSR count). The molecule has 1 aliphatic heterocycles. The molecule has 134 valence electrons. The number of fused-ring (bicyclic) bond motifs is 1. The third kappa shape index (κ3) is 4.00. The Bertz CT molecular complexity index is 884. The first-order valence-corrected chi connectivity index (χ1v) is 8.30. The number of carbonyl (C=O) groups excluding carboxylic acids is 3.